The first-order chi connectivity index (χ1) is 30.0. The number of esters is 3. The Bertz CT molecular complexity index is 1070. The van der Waals surface area contributed by atoms with Crippen LogP contribution in [0, 0.1) is 0 Å². The maximum Gasteiger partial charge on any atom is 0.306 e. The normalized spacial score (nSPS) is 12.4. The molecule has 1 atom stereocenters. The molecule has 0 aromatic rings. The first-order valence-corrected chi connectivity index (χ1v) is 26.1. The molecule has 0 amide bonds. The molecule has 0 aromatic carbocycles. The largest absolute Gasteiger partial charge is 0.462 e. The summed E-state index contributed by atoms with van der Waals surface area (Å²) in [6.45, 7) is 6.55. The van der Waals surface area contributed by atoms with E-state index in [1.54, 1.807) is 0 Å². The summed E-state index contributed by atoms with van der Waals surface area (Å²) in [5, 5.41) is 0. The van der Waals surface area contributed by atoms with Crippen LogP contribution in [0.4, 0.5) is 0 Å². The molecule has 0 N–H and O–H groups in total. The van der Waals surface area contributed by atoms with E-state index in [2.05, 4.69) is 69.4 Å². The van der Waals surface area contributed by atoms with Crippen LogP contribution in [0.1, 0.15) is 265 Å². The number of unbranched alkanes of at least 4 members (excludes halogenated alkanes) is 28. The standard InChI is InChI=1S/C55H98O6/c1-4-7-10-13-16-19-22-24-25-26-27-28-29-31-33-36-39-42-45-48-54(57)60-51-52(50-59-53(56)47-44-41-38-35-32-21-18-15-12-9-6-3)61-55(58)49-46-43-40-37-34-30-23-20-17-14-11-8-5-2/h15-16,18-20,23-25,52H,4-14,17,21-22,26-51H2,1-3H3/b18-15-,19-16-,23-20-,25-24-/t52-/m1/s1. The van der Waals surface area contributed by atoms with Crippen molar-refractivity contribution in [2.45, 2.75) is 271 Å². The second kappa shape index (κ2) is 50.0. The van der Waals surface area contributed by atoms with E-state index in [-0.39, 0.29) is 31.1 Å². The number of ether oxygens (including phenoxy) is 3. The van der Waals surface area contributed by atoms with Gasteiger partial charge in [0.1, 0.15) is 13.2 Å². The Kier molecular flexibility index (Phi) is 47.9. The maximum absolute atomic E-state index is 12.8. The van der Waals surface area contributed by atoms with Gasteiger partial charge in [-0.15, -0.1) is 0 Å². The number of carbonyl (C=O) groups is 3. The van der Waals surface area contributed by atoms with Gasteiger partial charge in [-0.1, -0.05) is 198 Å². The molecule has 0 radical (unpaired) electrons. The zero-order valence-corrected chi connectivity index (χ0v) is 40.4. The first kappa shape index (κ1) is 58.4. The maximum atomic E-state index is 12.8. The highest BCUT2D eigenvalue weighted by atomic mass is 16.6. The molecule has 0 saturated carbocycles. The van der Waals surface area contributed by atoms with Crippen molar-refractivity contribution in [2.75, 3.05) is 13.2 Å². The summed E-state index contributed by atoms with van der Waals surface area (Å²) in [6, 6.07) is 0. The van der Waals surface area contributed by atoms with Gasteiger partial charge in [-0.2, -0.15) is 0 Å². The molecular formula is C55H98O6. The van der Waals surface area contributed by atoms with E-state index >= 15 is 0 Å². The number of hydrogen-bond acceptors (Lipinski definition) is 6. The minimum atomic E-state index is -0.780. The van der Waals surface area contributed by atoms with Gasteiger partial charge in [0.05, 0.1) is 0 Å². The van der Waals surface area contributed by atoms with E-state index in [4.69, 9.17) is 14.2 Å². The van der Waals surface area contributed by atoms with Crippen molar-refractivity contribution in [1.82, 2.24) is 0 Å². The predicted molar refractivity (Wildman–Crippen MR) is 261 cm³/mol. The van der Waals surface area contributed by atoms with Gasteiger partial charge in [0.25, 0.3) is 0 Å². The van der Waals surface area contributed by atoms with Gasteiger partial charge in [0.2, 0.25) is 0 Å². The Morgan fingerprint density at radius 3 is 1.00 bits per heavy atom. The summed E-state index contributed by atoms with van der Waals surface area (Å²) in [6.07, 6.45) is 59.5. The van der Waals surface area contributed by atoms with E-state index in [0.29, 0.717) is 19.3 Å². The van der Waals surface area contributed by atoms with E-state index in [9.17, 15) is 14.4 Å². The van der Waals surface area contributed by atoms with Crippen molar-refractivity contribution in [3.63, 3.8) is 0 Å². The third-order valence-electron chi connectivity index (χ3n) is 11.3. The van der Waals surface area contributed by atoms with Gasteiger partial charge in [0, 0.05) is 19.3 Å². The second-order valence-electron chi connectivity index (χ2n) is 17.4. The average molecular weight is 855 g/mol. The predicted octanol–water partition coefficient (Wildman–Crippen LogP) is 17.1. The molecule has 0 spiro atoms. The van der Waals surface area contributed by atoms with E-state index in [1.165, 1.54) is 141 Å². The van der Waals surface area contributed by atoms with Gasteiger partial charge in [-0.05, 0) is 96.3 Å². The van der Waals surface area contributed by atoms with Crippen molar-refractivity contribution < 1.29 is 28.6 Å². The van der Waals surface area contributed by atoms with E-state index < -0.39 is 6.10 Å². The van der Waals surface area contributed by atoms with Crippen LogP contribution in [0.2, 0.25) is 0 Å². The number of carbonyl (C=O) groups excluding carboxylic acids is 3. The third kappa shape index (κ3) is 48.3. The van der Waals surface area contributed by atoms with Crippen LogP contribution < -0.4 is 0 Å². The Morgan fingerprint density at radius 1 is 0.328 bits per heavy atom. The number of hydrogen-bond donors (Lipinski definition) is 0. The molecule has 61 heavy (non-hydrogen) atoms. The van der Waals surface area contributed by atoms with Gasteiger partial charge < -0.3 is 14.2 Å². The molecule has 0 rings (SSSR count). The molecule has 0 aliphatic carbocycles. The van der Waals surface area contributed by atoms with Crippen molar-refractivity contribution in [3.05, 3.63) is 48.6 Å². The summed E-state index contributed by atoms with van der Waals surface area (Å²) in [5.74, 6) is -0.898. The van der Waals surface area contributed by atoms with Crippen LogP contribution in [-0.4, -0.2) is 37.2 Å². The molecular weight excluding hydrogens is 757 g/mol. The summed E-state index contributed by atoms with van der Waals surface area (Å²) < 4.78 is 16.8. The summed E-state index contributed by atoms with van der Waals surface area (Å²) in [7, 11) is 0. The molecule has 0 unspecified atom stereocenters. The van der Waals surface area contributed by atoms with Crippen LogP contribution in [0.15, 0.2) is 48.6 Å². The SMILES string of the molecule is CCCC/C=C\CCCCCCCC(=O)OC[C@H](COC(=O)CCCCCCCCCCC/C=C\C/C=C\CCCCC)OC(=O)CCCCCCC/C=C\CCCCCC. The van der Waals surface area contributed by atoms with Gasteiger partial charge in [0.15, 0.2) is 6.10 Å². The monoisotopic (exact) mass is 855 g/mol. The molecule has 0 aliphatic rings. The van der Waals surface area contributed by atoms with Gasteiger partial charge in [-0.3, -0.25) is 14.4 Å². The van der Waals surface area contributed by atoms with E-state index in [0.717, 1.165) is 83.5 Å². The number of allylic oxidation sites excluding steroid dienone is 8. The van der Waals surface area contributed by atoms with Crippen LogP contribution in [0.3, 0.4) is 0 Å². The van der Waals surface area contributed by atoms with Crippen LogP contribution in [0.25, 0.3) is 0 Å². The zero-order valence-electron chi connectivity index (χ0n) is 40.4. The average Bonchev–Trinajstić information content (AvgIpc) is 3.26. The third-order valence-corrected chi connectivity index (χ3v) is 11.3. The molecule has 6 heteroatoms. The lowest BCUT2D eigenvalue weighted by Gasteiger charge is -2.18. The van der Waals surface area contributed by atoms with E-state index in [1.807, 2.05) is 0 Å². The second-order valence-corrected chi connectivity index (χ2v) is 17.4. The molecule has 354 valence electrons. The summed E-state index contributed by atoms with van der Waals surface area (Å²) in [4.78, 5) is 37.9. The Labute approximate surface area is 378 Å². The highest BCUT2D eigenvalue weighted by Crippen LogP contribution is 2.14. The fourth-order valence-electron chi connectivity index (χ4n) is 7.27. The zero-order chi connectivity index (χ0) is 44.4. The summed E-state index contributed by atoms with van der Waals surface area (Å²) in [5.41, 5.74) is 0. The van der Waals surface area contributed by atoms with Crippen molar-refractivity contribution in [1.29, 1.82) is 0 Å². The smallest absolute Gasteiger partial charge is 0.306 e. The quantitative estimate of drug-likeness (QED) is 0.0263. The summed E-state index contributed by atoms with van der Waals surface area (Å²) >= 11 is 0. The lowest BCUT2D eigenvalue weighted by atomic mass is 10.1. The lowest BCUT2D eigenvalue weighted by molar-refractivity contribution is -0.167. The van der Waals surface area contributed by atoms with Crippen molar-refractivity contribution >= 4 is 17.9 Å². The van der Waals surface area contributed by atoms with Crippen LogP contribution >= 0.6 is 0 Å². The Hall–Kier alpha value is -2.63. The fraction of sp³-hybridized carbons (Fsp3) is 0.800. The molecule has 0 saturated heterocycles. The van der Waals surface area contributed by atoms with Crippen molar-refractivity contribution in [3.8, 4) is 0 Å². The molecule has 0 heterocycles. The topological polar surface area (TPSA) is 78.9 Å². The minimum Gasteiger partial charge on any atom is -0.462 e. The highest BCUT2D eigenvalue weighted by Gasteiger charge is 2.19. The number of rotatable bonds is 47. The molecule has 0 fully saturated rings. The van der Waals surface area contributed by atoms with Crippen molar-refractivity contribution in [2.24, 2.45) is 0 Å². The van der Waals surface area contributed by atoms with Gasteiger partial charge >= 0.3 is 17.9 Å². The van der Waals surface area contributed by atoms with Crippen LogP contribution in [-0.2, 0) is 28.6 Å². The Balaban J connectivity index is 4.33. The molecule has 0 aromatic heterocycles. The van der Waals surface area contributed by atoms with Gasteiger partial charge in [-0.25, -0.2) is 0 Å². The molecule has 6 nitrogen and oxygen atoms in total. The first-order valence-electron chi connectivity index (χ1n) is 26.1. The lowest BCUT2D eigenvalue weighted by Crippen LogP contribution is -2.30. The molecule has 0 aliphatic heterocycles. The molecule has 0 bridgehead atoms. The Morgan fingerprint density at radius 2 is 0.607 bits per heavy atom. The minimum absolute atomic E-state index is 0.0805. The highest BCUT2D eigenvalue weighted by molar-refractivity contribution is 5.71. The van der Waals surface area contributed by atoms with Crippen LogP contribution in [0.5, 0.6) is 0 Å². The fourth-order valence-corrected chi connectivity index (χ4v) is 7.27.